The Morgan fingerprint density at radius 2 is 1.00 bits per heavy atom. The van der Waals surface area contributed by atoms with E-state index in [-0.39, 0.29) is 0 Å². The molecule has 2 heterocycles. The van der Waals surface area contributed by atoms with Crippen LogP contribution >= 0.6 is 11.8 Å². The normalized spacial score (nSPS) is 14.9. The van der Waals surface area contributed by atoms with Gasteiger partial charge in [-0.1, -0.05) is 151 Å². The first-order chi connectivity index (χ1) is 25.7. The molecule has 1 spiro atoms. The summed E-state index contributed by atoms with van der Waals surface area (Å²) in [5.74, 6) is 0.704. The molecular weight excluding hydrogens is 651 g/mol. The molecule has 0 saturated heterocycles. The fourth-order valence-corrected chi connectivity index (χ4v) is 9.22. The third kappa shape index (κ3) is 4.67. The number of nitrogens with zero attached hydrogens (tertiary/aromatic N) is 3. The van der Waals surface area contributed by atoms with Crippen LogP contribution in [-0.2, 0) is 5.41 Å². The molecule has 7 aromatic carbocycles. The minimum absolute atomic E-state index is 0.547. The molecule has 3 nitrogen and oxygen atoms in total. The Morgan fingerprint density at radius 3 is 1.75 bits per heavy atom. The fraction of sp³-hybridized carbons (Fsp3) is 0.0208. The molecule has 242 valence electrons. The summed E-state index contributed by atoms with van der Waals surface area (Å²) in [4.78, 5) is 12.5. The summed E-state index contributed by atoms with van der Waals surface area (Å²) in [7, 11) is 0. The molecule has 0 fully saturated rings. The minimum atomic E-state index is -0.547. The van der Waals surface area contributed by atoms with Crippen molar-refractivity contribution in [2.75, 3.05) is 0 Å². The van der Waals surface area contributed by atoms with Gasteiger partial charge >= 0.3 is 0 Å². The summed E-state index contributed by atoms with van der Waals surface area (Å²) >= 11 is 1.83. The van der Waals surface area contributed by atoms with Crippen LogP contribution in [0.5, 0.6) is 0 Å². The molecule has 2 aliphatic rings. The van der Waals surface area contributed by atoms with E-state index in [1.807, 2.05) is 54.2 Å². The highest BCUT2D eigenvalue weighted by Crippen LogP contribution is 2.62. The predicted octanol–water partition coefficient (Wildman–Crippen LogP) is 11.8. The van der Waals surface area contributed by atoms with E-state index in [0.29, 0.717) is 11.4 Å². The van der Waals surface area contributed by atoms with Crippen LogP contribution in [0.1, 0.15) is 27.8 Å². The number of fused-ring (bicyclic) bond motifs is 9. The van der Waals surface area contributed by atoms with Crippen LogP contribution in [0.2, 0.25) is 0 Å². The van der Waals surface area contributed by atoms with Gasteiger partial charge in [0, 0.05) is 26.5 Å². The van der Waals surface area contributed by atoms with Gasteiger partial charge in [0.1, 0.15) is 0 Å². The van der Waals surface area contributed by atoms with E-state index in [4.69, 9.17) is 9.97 Å². The molecule has 0 saturated carbocycles. The van der Waals surface area contributed by atoms with E-state index < -0.39 is 5.41 Å². The lowest BCUT2D eigenvalue weighted by Crippen LogP contribution is -2.32. The van der Waals surface area contributed by atoms with Crippen molar-refractivity contribution in [2.24, 2.45) is 0 Å². The quantitative estimate of drug-likeness (QED) is 0.186. The minimum Gasteiger partial charge on any atom is -0.228 e. The average molecular weight is 680 g/mol. The third-order valence-electron chi connectivity index (χ3n) is 10.4. The van der Waals surface area contributed by atoms with Gasteiger partial charge in [0.2, 0.25) is 0 Å². The molecule has 4 heteroatoms. The van der Waals surface area contributed by atoms with E-state index in [1.165, 1.54) is 43.2 Å². The first-order valence-electron chi connectivity index (χ1n) is 17.4. The summed E-state index contributed by atoms with van der Waals surface area (Å²) in [6.45, 7) is 0. The molecule has 0 radical (unpaired) electrons. The Balaban J connectivity index is 1.12. The van der Waals surface area contributed by atoms with Crippen molar-refractivity contribution in [1.82, 2.24) is 9.97 Å². The van der Waals surface area contributed by atoms with Crippen LogP contribution in [0.25, 0.3) is 56.2 Å². The van der Waals surface area contributed by atoms with Crippen LogP contribution in [0.4, 0.5) is 0 Å². The van der Waals surface area contributed by atoms with Gasteiger partial charge in [-0.3, -0.25) is 0 Å². The molecule has 8 aromatic rings. The molecule has 0 bridgehead atoms. The first-order valence-corrected chi connectivity index (χ1v) is 18.2. The maximum Gasteiger partial charge on any atom is 0.160 e. The van der Waals surface area contributed by atoms with Gasteiger partial charge in [0.05, 0.1) is 28.4 Å². The van der Waals surface area contributed by atoms with E-state index in [1.54, 1.807) is 0 Å². The topological polar surface area (TPSA) is 49.6 Å². The predicted molar refractivity (Wildman–Crippen MR) is 210 cm³/mol. The van der Waals surface area contributed by atoms with Gasteiger partial charge < -0.3 is 0 Å². The number of rotatable bonds is 4. The summed E-state index contributed by atoms with van der Waals surface area (Å²) in [5.41, 5.74) is 14.6. The molecule has 1 aliphatic heterocycles. The van der Waals surface area contributed by atoms with E-state index in [9.17, 15) is 5.26 Å². The number of hydrogen-bond donors (Lipinski definition) is 0. The van der Waals surface area contributed by atoms with Crippen molar-refractivity contribution in [3.05, 3.63) is 204 Å². The van der Waals surface area contributed by atoms with Crippen LogP contribution in [0.15, 0.2) is 186 Å². The zero-order valence-electron chi connectivity index (χ0n) is 28.0. The number of hydrogen-bond acceptors (Lipinski definition) is 4. The van der Waals surface area contributed by atoms with E-state index in [2.05, 4.69) is 140 Å². The van der Waals surface area contributed by atoms with Gasteiger partial charge in [0.25, 0.3) is 0 Å². The Hall–Kier alpha value is -6.54. The number of benzene rings is 7. The lowest BCUT2D eigenvalue weighted by atomic mass is 9.67. The van der Waals surface area contributed by atoms with E-state index >= 15 is 0 Å². The summed E-state index contributed by atoms with van der Waals surface area (Å²) in [6, 6.07) is 64.3. The van der Waals surface area contributed by atoms with Gasteiger partial charge in [-0.2, -0.15) is 5.26 Å². The smallest absolute Gasteiger partial charge is 0.160 e. The van der Waals surface area contributed by atoms with Crippen molar-refractivity contribution >= 4 is 11.8 Å². The standard InChI is InChI=1S/C48H29N3S/c49-30-31-19-25-38-37-15-7-8-16-39(37)48(41(38)27-31)40-17-9-10-18-45(40)52-46-26-24-36(28-42(46)48)32-20-22-34(23-21-32)44-29-43(33-11-3-1-4-12-33)50-47(51-44)35-13-5-2-6-14-35/h1-29H. The monoisotopic (exact) mass is 679 g/mol. The van der Waals surface area contributed by atoms with Gasteiger partial charge in [-0.25, -0.2) is 9.97 Å². The lowest BCUT2D eigenvalue weighted by Gasteiger charge is -2.40. The molecule has 1 aromatic heterocycles. The van der Waals surface area contributed by atoms with Crippen molar-refractivity contribution in [3.63, 3.8) is 0 Å². The fourth-order valence-electron chi connectivity index (χ4n) is 8.05. The molecule has 1 atom stereocenters. The maximum atomic E-state index is 10.0. The summed E-state index contributed by atoms with van der Waals surface area (Å²) in [6.07, 6.45) is 0. The largest absolute Gasteiger partial charge is 0.228 e. The zero-order valence-corrected chi connectivity index (χ0v) is 28.8. The molecule has 10 rings (SSSR count). The number of aromatic nitrogens is 2. The maximum absolute atomic E-state index is 10.0. The first kappa shape index (κ1) is 30.3. The van der Waals surface area contributed by atoms with Crippen molar-refractivity contribution < 1.29 is 0 Å². The molecule has 1 aliphatic carbocycles. The molecule has 1 unspecified atom stereocenters. The van der Waals surface area contributed by atoms with Crippen molar-refractivity contribution in [3.8, 4) is 62.2 Å². The Labute approximate surface area is 307 Å². The second kappa shape index (κ2) is 12.1. The third-order valence-corrected chi connectivity index (χ3v) is 11.6. The van der Waals surface area contributed by atoms with Gasteiger partial charge in [0.15, 0.2) is 5.82 Å². The van der Waals surface area contributed by atoms with Crippen LogP contribution < -0.4 is 0 Å². The molecule has 52 heavy (non-hydrogen) atoms. The SMILES string of the molecule is N#Cc1ccc2c(c1)C1(c3ccccc3Sc3ccc(-c4ccc(-c5cc(-c6ccccc6)nc(-c6ccccc6)n5)cc4)cc31)c1ccccc1-2. The molecule has 0 N–H and O–H groups in total. The van der Waals surface area contributed by atoms with Gasteiger partial charge in [-0.05, 0) is 80.9 Å². The molecule has 0 amide bonds. The lowest BCUT2D eigenvalue weighted by molar-refractivity contribution is 0.722. The highest BCUT2D eigenvalue weighted by molar-refractivity contribution is 7.99. The van der Waals surface area contributed by atoms with Crippen molar-refractivity contribution in [2.45, 2.75) is 15.2 Å². The highest BCUT2D eigenvalue weighted by atomic mass is 32.2. The van der Waals surface area contributed by atoms with Crippen LogP contribution in [0.3, 0.4) is 0 Å². The Bertz CT molecular complexity index is 2660. The van der Waals surface area contributed by atoms with Gasteiger partial charge in [-0.15, -0.1) is 0 Å². The van der Waals surface area contributed by atoms with Crippen LogP contribution in [-0.4, -0.2) is 9.97 Å². The molecular formula is C48H29N3S. The summed E-state index contributed by atoms with van der Waals surface area (Å²) in [5, 5.41) is 10.0. The second-order valence-corrected chi connectivity index (χ2v) is 14.3. The average Bonchev–Trinajstić information content (AvgIpc) is 3.51. The Morgan fingerprint density at radius 1 is 0.423 bits per heavy atom. The zero-order chi connectivity index (χ0) is 34.6. The Kier molecular flexibility index (Phi) is 7.02. The number of nitriles is 1. The summed E-state index contributed by atoms with van der Waals surface area (Å²) < 4.78 is 0. The highest BCUT2D eigenvalue weighted by Gasteiger charge is 2.50. The second-order valence-electron chi connectivity index (χ2n) is 13.2. The van der Waals surface area contributed by atoms with Crippen molar-refractivity contribution in [1.29, 1.82) is 5.26 Å². The van der Waals surface area contributed by atoms with E-state index in [0.717, 1.165) is 39.2 Å². The van der Waals surface area contributed by atoms with Crippen LogP contribution in [0, 0.1) is 11.3 Å².